The van der Waals surface area contributed by atoms with Crippen LogP contribution in [0.5, 0.6) is 11.5 Å². The van der Waals surface area contributed by atoms with Crippen molar-refractivity contribution in [1.82, 2.24) is 15.2 Å². The molecule has 27 heavy (non-hydrogen) atoms. The van der Waals surface area contributed by atoms with Crippen molar-refractivity contribution in [3.05, 3.63) is 53.9 Å². The number of hydrogen-bond donors (Lipinski definition) is 1. The highest BCUT2D eigenvalue weighted by molar-refractivity contribution is 5.85. The first-order chi connectivity index (χ1) is 12.7. The van der Waals surface area contributed by atoms with Crippen molar-refractivity contribution in [1.29, 1.82) is 0 Å². The van der Waals surface area contributed by atoms with Gasteiger partial charge in [0.1, 0.15) is 11.5 Å². The zero-order valence-electron chi connectivity index (χ0n) is 15.7. The summed E-state index contributed by atoms with van der Waals surface area (Å²) in [7, 11) is 3.28. The fourth-order valence-electron chi connectivity index (χ4n) is 3.34. The number of aromatic nitrogens is 1. The summed E-state index contributed by atoms with van der Waals surface area (Å²) in [6.07, 6.45) is 4.63. The molecule has 1 aromatic heterocycles. The van der Waals surface area contributed by atoms with Gasteiger partial charge in [0.2, 0.25) is 5.91 Å². The first-order valence-corrected chi connectivity index (χ1v) is 8.84. The van der Waals surface area contributed by atoms with Crippen LogP contribution in [-0.2, 0) is 11.2 Å². The summed E-state index contributed by atoms with van der Waals surface area (Å²) < 4.78 is 10.7. The van der Waals surface area contributed by atoms with E-state index in [4.69, 9.17) is 9.47 Å². The third kappa shape index (κ3) is 5.11. The van der Waals surface area contributed by atoms with Crippen LogP contribution in [0.1, 0.15) is 23.6 Å². The van der Waals surface area contributed by atoms with Gasteiger partial charge in [0.05, 0.1) is 20.3 Å². The molecule has 1 aliphatic heterocycles. The molecule has 1 amide bonds. The van der Waals surface area contributed by atoms with Gasteiger partial charge in [-0.15, -0.1) is 12.4 Å². The smallest absolute Gasteiger partial charge is 0.223 e. The number of aryl methyl sites for hydroxylation is 1. The molecule has 3 rings (SSSR count). The molecule has 1 atom stereocenters. The predicted molar refractivity (Wildman–Crippen MR) is 107 cm³/mol. The molecule has 7 heteroatoms. The van der Waals surface area contributed by atoms with Gasteiger partial charge in [0.25, 0.3) is 0 Å². The van der Waals surface area contributed by atoms with E-state index in [0.29, 0.717) is 19.4 Å². The maximum absolute atomic E-state index is 12.9. The molecule has 1 aromatic carbocycles. The first kappa shape index (κ1) is 21.0. The summed E-state index contributed by atoms with van der Waals surface area (Å²) in [5.74, 6) is 1.69. The number of piperazine rings is 1. The third-order valence-electron chi connectivity index (χ3n) is 4.73. The van der Waals surface area contributed by atoms with Crippen LogP contribution < -0.4 is 14.8 Å². The van der Waals surface area contributed by atoms with Gasteiger partial charge in [-0.05, 0) is 41.8 Å². The van der Waals surface area contributed by atoms with Gasteiger partial charge in [-0.3, -0.25) is 9.78 Å². The monoisotopic (exact) mass is 391 g/mol. The van der Waals surface area contributed by atoms with Gasteiger partial charge in [0.15, 0.2) is 0 Å². The molecule has 0 saturated carbocycles. The molecule has 1 aliphatic rings. The van der Waals surface area contributed by atoms with E-state index in [9.17, 15) is 4.79 Å². The van der Waals surface area contributed by atoms with Crippen molar-refractivity contribution in [3.63, 3.8) is 0 Å². The highest BCUT2D eigenvalue weighted by Crippen LogP contribution is 2.27. The van der Waals surface area contributed by atoms with Crippen molar-refractivity contribution < 1.29 is 14.3 Å². The molecular formula is C20H26ClN3O3. The average Bonchev–Trinajstić information content (AvgIpc) is 2.72. The number of benzene rings is 1. The number of hydrogen-bond acceptors (Lipinski definition) is 5. The summed E-state index contributed by atoms with van der Waals surface area (Å²) in [6.45, 7) is 2.26. The van der Waals surface area contributed by atoms with Crippen LogP contribution in [0.4, 0.5) is 0 Å². The lowest BCUT2D eigenvalue weighted by atomic mass is 10.0. The lowest BCUT2D eigenvalue weighted by Gasteiger charge is -2.36. The maximum atomic E-state index is 12.9. The zero-order chi connectivity index (χ0) is 18.4. The number of pyridine rings is 1. The number of carbonyl (C=O) groups is 1. The van der Waals surface area contributed by atoms with Crippen molar-refractivity contribution in [2.45, 2.75) is 18.9 Å². The first-order valence-electron chi connectivity index (χ1n) is 8.84. The summed E-state index contributed by atoms with van der Waals surface area (Å²) in [5, 5.41) is 3.37. The second kappa shape index (κ2) is 10.1. The molecule has 0 spiro atoms. The van der Waals surface area contributed by atoms with E-state index < -0.39 is 0 Å². The molecule has 2 aromatic rings. The Hall–Kier alpha value is -2.31. The largest absolute Gasteiger partial charge is 0.497 e. The predicted octanol–water partition coefficient (Wildman–Crippen LogP) is 2.63. The Morgan fingerprint density at radius 2 is 2.15 bits per heavy atom. The van der Waals surface area contributed by atoms with Crippen molar-refractivity contribution in [2.24, 2.45) is 0 Å². The number of halogens is 1. The van der Waals surface area contributed by atoms with E-state index in [-0.39, 0.29) is 24.4 Å². The Morgan fingerprint density at radius 1 is 1.30 bits per heavy atom. The van der Waals surface area contributed by atoms with Gasteiger partial charge in [0, 0.05) is 38.4 Å². The molecular weight excluding hydrogens is 366 g/mol. The molecule has 0 radical (unpaired) electrons. The Balaban J connectivity index is 0.00000261. The van der Waals surface area contributed by atoms with Crippen molar-refractivity contribution >= 4 is 18.3 Å². The Kier molecular flexibility index (Phi) is 7.88. The van der Waals surface area contributed by atoms with Crippen LogP contribution in [0.2, 0.25) is 0 Å². The summed E-state index contributed by atoms with van der Waals surface area (Å²) in [5.41, 5.74) is 2.04. The van der Waals surface area contributed by atoms with Gasteiger partial charge in [-0.1, -0.05) is 6.07 Å². The summed E-state index contributed by atoms with van der Waals surface area (Å²) >= 11 is 0. The van der Waals surface area contributed by atoms with Crippen LogP contribution in [0, 0.1) is 0 Å². The minimum atomic E-state index is 0. The Bertz CT molecular complexity index is 743. The molecule has 2 heterocycles. The number of rotatable bonds is 6. The molecule has 1 fully saturated rings. The maximum Gasteiger partial charge on any atom is 0.223 e. The van der Waals surface area contributed by atoms with E-state index in [2.05, 4.69) is 10.3 Å². The topological polar surface area (TPSA) is 63.7 Å². The van der Waals surface area contributed by atoms with E-state index in [0.717, 1.165) is 35.7 Å². The van der Waals surface area contributed by atoms with Crippen molar-refractivity contribution in [2.75, 3.05) is 33.9 Å². The lowest BCUT2D eigenvalue weighted by molar-refractivity contribution is -0.134. The average molecular weight is 392 g/mol. The summed E-state index contributed by atoms with van der Waals surface area (Å²) in [6, 6.07) is 9.63. The van der Waals surface area contributed by atoms with Crippen molar-refractivity contribution in [3.8, 4) is 11.5 Å². The minimum Gasteiger partial charge on any atom is -0.497 e. The fraction of sp³-hybridized carbons (Fsp3) is 0.400. The van der Waals surface area contributed by atoms with Crippen LogP contribution in [0.15, 0.2) is 42.7 Å². The fourth-order valence-corrected chi connectivity index (χ4v) is 3.34. The Morgan fingerprint density at radius 3 is 2.85 bits per heavy atom. The number of nitrogens with zero attached hydrogens (tertiary/aromatic N) is 2. The second-order valence-electron chi connectivity index (χ2n) is 6.27. The van der Waals surface area contributed by atoms with E-state index in [1.54, 1.807) is 20.4 Å². The number of carbonyl (C=O) groups excluding carboxylic acids is 1. The highest BCUT2D eigenvalue weighted by atomic mass is 35.5. The van der Waals surface area contributed by atoms with Crippen LogP contribution in [-0.4, -0.2) is 49.6 Å². The van der Waals surface area contributed by atoms with E-state index >= 15 is 0 Å². The van der Waals surface area contributed by atoms with Gasteiger partial charge < -0.3 is 19.7 Å². The Labute approximate surface area is 166 Å². The van der Waals surface area contributed by atoms with Gasteiger partial charge in [-0.25, -0.2) is 0 Å². The third-order valence-corrected chi connectivity index (χ3v) is 4.73. The summed E-state index contributed by atoms with van der Waals surface area (Å²) in [4.78, 5) is 19.1. The van der Waals surface area contributed by atoms with Gasteiger partial charge in [-0.2, -0.15) is 0 Å². The molecule has 1 saturated heterocycles. The normalized spacial score (nSPS) is 16.4. The zero-order valence-corrected chi connectivity index (χ0v) is 16.5. The molecule has 0 bridgehead atoms. The number of amides is 1. The molecule has 146 valence electrons. The highest BCUT2D eigenvalue weighted by Gasteiger charge is 2.27. The van der Waals surface area contributed by atoms with E-state index in [1.807, 2.05) is 41.4 Å². The molecule has 1 N–H and O–H groups in total. The standard InChI is InChI=1S/C20H25N3O3.ClH/c1-25-17-6-7-19(26-2)15(12-17)5-8-20(24)23-11-10-22-14-18(23)16-4-3-9-21-13-16;/h3-4,6-7,9,12-13,18,22H,5,8,10-11,14H2,1-2H3;1H. The van der Waals surface area contributed by atoms with Gasteiger partial charge >= 0.3 is 0 Å². The number of methoxy groups -OCH3 is 2. The molecule has 1 unspecified atom stereocenters. The van der Waals surface area contributed by atoms with Crippen LogP contribution in [0.3, 0.4) is 0 Å². The number of nitrogens with one attached hydrogen (secondary N) is 1. The SMILES string of the molecule is COc1ccc(OC)c(CCC(=O)N2CCNCC2c2cccnc2)c1.Cl. The molecule has 6 nitrogen and oxygen atoms in total. The molecule has 0 aliphatic carbocycles. The quantitative estimate of drug-likeness (QED) is 0.820. The van der Waals surface area contributed by atoms with Crippen LogP contribution >= 0.6 is 12.4 Å². The van der Waals surface area contributed by atoms with Crippen LogP contribution in [0.25, 0.3) is 0 Å². The lowest BCUT2D eigenvalue weighted by Crippen LogP contribution is -2.48. The number of ether oxygens (including phenoxy) is 2. The van der Waals surface area contributed by atoms with E-state index in [1.165, 1.54) is 0 Å². The minimum absolute atomic E-state index is 0. The second-order valence-corrected chi connectivity index (χ2v) is 6.27.